The van der Waals surface area contributed by atoms with E-state index in [1.165, 1.54) is 0 Å². The van der Waals surface area contributed by atoms with Crippen molar-refractivity contribution >= 4 is 0 Å². The molecule has 0 saturated carbocycles. The normalized spacial score (nSPS) is 15.5. The molecule has 0 radical (unpaired) electrons. The highest BCUT2D eigenvalue weighted by molar-refractivity contribution is 4.94. The molecule has 2 atom stereocenters. The van der Waals surface area contributed by atoms with Crippen LogP contribution in [0.2, 0.25) is 0 Å². The SMILES string of the molecule is COC(c1noc(CC(O)C(C)C)n1)C(C)C. The highest BCUT2D eigenvalue weighted by Gasteiger charge is 2.22. The van der Waals surface area contributed by atoms with Crippen LogP contribution in [0.3, 0.4) is 0 Å². The van der Waals surface area contributed by atoms with E-state index in [0.717, 1.165) is 0 Å². The van der Waals surface area contributed by atoms with Crippen LogP contribution in [0.4, 0.5) is 0 Å². The van der Waals surface area contributed by atoms with Crippen LogP contribution in [0, 0.1) is 11.8 Å². The molecule has 2 unspecified atom stereocenters. The van der Waals surface area contributed by atoms with Crippen LogP contribution in [0.15, 0.2) is 4.52 Å². The first-order valence-corrected chi connectivity index (χ1v) is 5.99. The topological polar surface area (TPSA) is 68.4 Å². The van der Waals surface area contributed by atoms with E-state index in [0.29, 0.717) is 18.1 Å². The van der Waals surface area contributed by atoms with Crippen LogP contribution >= 0.6 is 0 Å². The lowest BCUT2D eigenvalue weighted by atomic mass is 10.0. The van der Waals surface area contributed by atoms with Crippen molar-refractivity contribution in [3.05, 3.63) is 11.7 Å². The fourth-order valence-electron chi connectivity index (χ4n) is 1.56. The number of methoxy groups -OCH3 is 1. The Morgan fingerprint density at radius 3 is 2.35 bits per heavy atom. The van der Waals surface area contributed by atoms with Gasteiger partial charge >= 0.3 is 0 Å². The summed E-state index contributed by atoms with van der Waals surface area (Å²) in [6.07, 6.45) is -0.230. The molecule has 0 bridgehead atoms. The number of hydrogen-bond acceptors (Lipinski definition) is 5. The van der Waals surface area contributed by atoms with E-state index in [9.17, 15) is 5.11 Å². The van der Waals surface area contributed by atoms with Crippen LogP contribution in [0.1, 0.15) is 45.5 Å². The molecule has 0 fully saturated rings. The molecular weight excluding hydrogens is 220 g/mol. The molecule has 1 rings (SSSR count). The summed E-state index contributed by atoms with van der Waals surface area (Å²) in [4.78, 5) is 4.26. The predicted octanol–water partition coefficient (Wildman–Crippen LogP) is 1.97. The van der Waals surface area contributed by atoms with Gasteiger partial charge < -0.3 is 14.4 Å². The Morgan fingerprint density at radius 1 is 1.24 bits per heavy atom. The molecule has 0 aliphatic rings. The van der Waals surface area contributed by atoms with Crippen LogP contribution < -0.4 is 0 Å². The number of aliphatic hydroxyl groups excluding tert-OH is 1. The first-order valence-electron chi connectivity index (χ1n) is 5.99. The molecule has 5 heteroatoms. The first-order chi connectivity index (χ1) is 7.95. The van der Waals surface area contributed by atoms with Gasteiger partial charge in [-0.25, -0.2) is 0 Å². The van der Waals surface area contributed by atoms with Crippen LogP contribution in [-0.4, -0.2) is 28.5 Å². The molecule has 1 aromatic rings. The number of nitrogens with zero attached hydrogens (tertiary/aromatic N) is 2. The molecule has 1 aromatic heterocycles. The van der Waals surface area contributed by atoms with Crippen molar-refractivity contribution in [2.75, 3.05) is 7.11 Å². The summed E-state index contributed by atoms with van der Waals surface area (Å²) in [5, 5.41) is 13.6. The monoisotopic (exact) mass is 242 g/mol. The highest BCUT2D eigenvalue weighted by atomic mass is 16.5. The third-order valence-corrected chi connectivity index (χ3v) is 2.75. The van der Waals surface area contributed by atoms with Gasteiger partial charge in [0.05, 0.1) is 12.5 Å². The van der Waals surface area contributed by atoms with E-state index >= 15 is 0 Å². The van der Waals surface area contributed by atoms with Crippen molar-refractivity contribution in [3.63, 3.8) is 0 Å². The second kappa shape index (κ2) is 6.12. The number of aromatic nitrogens is 2. The summed E-state index contributed by atoms with van der Waals surface area (Å²) < 4.78 is 10.4. The van der Waals surface area contributed by atoms with E-state index in [1.54, 1.807) is 7.11 Å². The molecular formula is C12H22N2O3. The number of hydrogen-bond donors (Lipinski definition) is 1. The lowest BCUT2D eigenvalue weighted by molar-refractivity contribution is 0.0555. The van der Waals surface area contributed by atoms with Gasteiger partial charge in [0.15, 0.2) is 0 Å². The van der Waals surface area contributed by atoms with Crippen LogP contribution in [0.5, 0.6) is 0 Å². The first kappa shape index (κ1) is 14.1. The zero-order valence-electron chi connectivity index (χ0n) is 11.2. The zero-order chi connectivity index (χ0) is 13.0. The van der Waals surface area contributed by atoms with Gasteiger partial charge in [0, 0.05) is 7.11 Å². The van der Waals surface area contributed by atoms with Gasteiger partial charge in [-0.15, -0.1) is 0 Å². The number of rotatable bonds is 6. The molecule has 0 spiro atoms. The second-order valence-corrected chi connectivity index (χ2v) is 4.96. The van der Waals surface area contributed by atoms with E-state index in [4.69, 9.17) is 9.26 Å². The zero-order valence-corrected chi connectivity index (χ0v) is 11.2. The lowest BCUT2D eigenvalue weighted by Crippen LogP contribution is -2.18. The Bertz CT molecular complexity index is 336. The Morgan fingerprint density at radius 2 is 1.88 bits per heavy atom. The lowest BCUT2D eigenvalue weighted by Gasteiger charge is -2.14. The summed E-state index contributed by atoms with van der Waals surface area (Å²) in [7, 11) is 1.63. The molecule has 0 amide bonds. The van der Waals surface area contributed by atoms with E-state index in [-0.39, 0.29) is 17.9 Å². The van der Waals surface area contributed by atoms with Crippen molar-refractivity contribution in [1.82, 2.24) is 10.1 Å². The Kier molecular flexibility index (Phi) is 5.08. The third kappa shape index (κ3) is 3.78. The maximum absolute atomic E-state index is 9.74. The highest BCUT2D eigenvalue weighted by Crippen LogP contribution is 2.22. The molecule has 0 saturated heterocycles. The van der Waals surface area contributed by atoms with Gasteiger partial charge in [0.2, 0.25) is 11.7 Å². The van der Waals surface area contributed by atoms with Gasteiger partial charge in [-0.1, -0.05) is 32.9 Å². The molecule has 98 valence electrons. The van der Waals surface area contributed by atoms with E-state index in [2.05, 4.69) is 10.1 Å². The van der Waals surface area contributed by atoms with Crippen molar-refractivity contribution in [2.24, 2.45) is 11.8 Å². The van der Waals surface area contributed by atoms with Gasteiger partial charge in [-0.05, 0) is 11.8 Å². The molecule has 0 aliphatic carbocycles. The summed E-state index contributed by atoms with van der Waals surface area (Å²) in [6.45, 7) is 7.97. The molecule has 0 aromatic carbocycles. The maximum atomic E-state index is 9.74. The Balaban J connectivity index is 2.70. The minimum atomic E-state index is -0.455. The van der Waals surface area contributed by atoms with Crippen LogP contribution in [-0.2, 0) is 11.2 Å². The molecule has 17 heavy (non-hydrogen) atoms. The third-order valence-electron chi connectivity index (χ3n) is 2.75. The largest absolute Gasteiger partial charge is 0.392 e. The minimum Gasteiger partial charge on any atom is -0.392 e. The summed E-state index contributed by atoms with van der Waals surface area (Å²) in [6, 6.07) is 0. The van der Waals surface area contributed by atoms with E-state index in [1.807, 2.05) is 27.7 Å². The molecule has 5 nitrogen and oxygen atoms in total. The molecule has 1 heterocycles. The van der Waals surface area contributed by atoms with Crippen LogP contribution in [0.25, 0.3) is 0 Å². The van der Waals surface area contributed by atoms with Crippen molar-refractivity contribution < 1.29 is 14.4 Å². The number of aliphatic hydroxyl groups is 1. The number of ether oxygens (including phenoxy) is 1. The predicted molar refractivity (Wildman–Crippen MR) is 63.4 cm³/mol. The van der Waals surface area contributed by atoms with E-state index < -0.39 is 6.10 Å². The summed E-state index contributed by atoms with van der Waals surface area (Å²) in [5.41, 5.74) is 0. The average molecular weight is 242 g/mol. The average Bonchev–Trinajstić information content (AvgIpc) is 2.66. The van der Waals surface area contributed by atoms with Gasteiger partial charge in [0.25, 0.3) is 0 Å². The standard InChI is InChI=1S/C12H22N2O3/c1-7(2)9(15)6-10-13-12(14-17-10)11(16-5)8(3)4/h7-9,11,15H,6H2,1-5H3. The summed E-state index contributed by atoms with van der Waals surface area (Å²) >= 11 is 0. The second-order valence-electron chi connectivity index (χ2n) is 4.96. The van der Waals surface area contributed by atoms with Gasteiger partial charge in [-0.2, -0.15) is 4.98 Å². The maximum Gasteiger partial charge on any atom is 0.229 e. The fourth-order valence-corrected chi connectivity index (χ4v) is 1.56. The fraction of sp³-hybridized carbons (Fsp3) is 0.833. The van der Waals surface area contributed by atoms with Crippen molar-refractivity contribution in [2.45, 2.75) is 46.3 Å². The Hall–Kier alpha value is -0.940. The van der Waals surface area contributed by atoms with Gasteiger partial charge in [0.1, 0.15) is 6.10 Å². The van der Waals surface area contributed by atoms with Crippen molar-refractivity contribution in [1.29, 1.82) is 0 Å². The quantitative estimate of drug-likeness (QED) is 0.826. The Labute approximate surface area is 102 Å². The van der Waals surface area contributed by atoms with Crippen molar-refractivity contribution in [3.8, 4) is 0 Å². The minimum absolute atomic E-state index is 0.163. The van der Waals surface area contributed by atoms with Gasteiger partial charge in [-0.3, -0.25) is 0 Å². The molecule has 1 N–H and O–H groups in total. The smallest absolute Gasteiger partial charge is 0.229 e. The molecule has 0 aliphatic heterocycles. The summed E-state index contributed by atoms with van der Waals surface area (Å²) in [5.74, 6) is 1.46.